The lowest BCUT2D eigenvalue weighted by Crippen LogP contribution is -2.31. The molecule has 1 N–H and O–H groups in total. The highest BCUT2D eigenvalue weighted by Crippen LogP contribution is 2.24. The van der Waals surface area contributed by atoms with Crippen LogP contribution in [0.3, 0.4) is 0 Å². The molecular weight excluding hydrogens is 354 g/mol. The molecular formula is C23H29NO4. The number of carbonyl (C=O) groups is 2. The van der Waals surface area contributed by atoms with Crippen LogP contribution in [0.25, 0.3) is 0 Å². The third-order valence-electron chi connectivity index (χ3n) is 4.34. The summed E-state index contributed by atoms with van der Waals surface area (Å²) in [5, 5.41) is 2.80. The quantitative estimate of drug-likeness (QED) is 0.695. The molecule has 0 fully saturated rings. The third kappa shape index (κ3) is 7.06. The fourth-order valence-corrected chi connectivity index (χ4v) is 2.63. The van der Waals surface area contributed by atoms with Crippen LogP contribution in [0, 0.1) is 0 Å². The van der Waals surface area contributed by atoms with Crippen LogP contribution in [-0.4, -0.2) is 25.1 Å². The Kier molecular flexibility index (Phi) is 7.61. The lowest BCUT2D eigenvalue weighted by atomic mass is 9.87. The van der Waals surface area contributed by atoms with E-state index in [1.165, 1.54) is 5.56 Å². The summed E-state index contributed by atoms with van der Waals surface area (Å²) in [5.74, 6) is -0.0903. The zero-order chi connectivity index (χ0) is 20.6. The van der Waals surface area contributed by atoms with Gasteiger partial charge >= 0.3 is 5.97 Å². The van der Waals surface area contributed by atoms with Gasteiger partial charge in [0.05, 0.1) is 19.1 Å². The van der Waals surface area contributed by atoms with Crippen molar-refractivity contribution < 1.29 is 19.1 Å². The summed E-state index contributed by atoms with van der Waals surface area (Å²) in [6, 6.07) is 17.3. The summed E-state index contributed by atoms with van der Waals surface area (Å²) in [6.07, 6.45) is 0.0859. The van der Waals surface area contributed by atoms with E-state index >= 15 is 0 Å². The molecule has 0 bridgehead atoms. The van der Waals surface area contributed by atoms with Gasteiger partial charge < -0.3 is 14.8 Å². The molecule has 2 rings (SSSR count). The first-order valence-corrected chi connectivity index (χ1v) is 9.49. The Morgan fingerprint density at radius 1 is 1.00 bits per heavy atom. The van der Waals surface area contributed by atoms with Gasteiger partial charge in [0.25, 0.3) is 5.91 Å². The Labute approximate surface area is 167 Å². The third-order valence-corrected chi connectivity index (χ3v) is 4.34. The predicted molar refractivity (Wildman–Crippen MR) is 109 cm³/mol. The fourth-order valence-electron chi connectivity index (χ4n) is 2.63. The first-order chi connectivity index (χ1) is 13.3. The predicted octanol–water partition coefficient (Wildman–Crippen LogP) is 4.17. The van der Waals surface area contributed by atoms with Gasteiger partial charge in [0, 0.05) is 0 Å². The summed E-state index contributed by atoms with van der Waals surface area (Å²) in [7, 11) is 0. The van der Waals surface area contributed by atoms with Crippen molar-refractivity contribution in [1.82, 2.24) is 5.32 Å². The second kappa shape index (κ2) is 9.93. The van der Waals surface area contributed by atoms with Gasteiger partial charge in [0.1, 0.15) is 5.75 Å². The van der Waals surface area contributed by atoms with Crippen molar-refractivity contribution in [3.05, 3.63) is 65.7 Å². The second-order valence-corrected chi connectivity index (χ2v) is 7.73. The number of carbonyl (C=O) groups excluding carboxylic acids is 2. The van der Waals surface area contributed by atoms with Gasteiger partial charge in [-0.1, -0.05) is 63.2 Å². The highest BCUT2D eigenvalue weighted by atomic mass is 16.5. The highest BCUT2D eigenvalue weighted by Gasteiger charge is 2.14. The molecule has 150 valence electrons. The summed E-state index contributed by atoms with van der Waals surface area (Å²) < 4.78 is 10.6. The standard InChI is InChI=1S/C23H29NO4/c1-17(18-8-6-5-7-9-18)24-21(25)16-28-22(26)14-15-27-20-12-10-19(11-13-20)23(2,3)4/h5-13,17H,14-16H2,1-4H3,(H,24,25)/t17-/m1/s1. The van der Waals surface area contributed by atoms with Crippen LogP contribution >= 0.6 is 0 Å². The van der Waals surface area contributed by atoms with Crippen molar-refractivity contribution in [3.8, 4) is 5.75 Å². The van der Waals surface area contributed by atoms with E-state index in [1.807, 2.05) is 61.5 Å². The van der Waals surface area contributed by atoms with Crippen LogP contribution in [-0.2, 0) is 19.7 Å². The van der Waals surface area contributed by atoms with Crippen molar-refractivity contribution >= 4 is 11.9 Å². The van der Waals surface area contributed by atoms with E-state index in [0.717, 1.165) is 5.56 Å². The number of amides is 1. The number of benzene rings is 2. The zero-order valence-corrected chi connectivity index (χ0v) is 17.0. The highest BCUT2D eigenvalue weighted by molar-refractivity contribution is 5.80. The van der Waals surface area contributed by atoms with E-state index in [9.17, 15) is 9.59 Å². The molecule has 0 unspecified atom stereocenters. The van der Waals surface area contributed by atoms with Crippen LogP contribution in [0.4, 0.5) is 0 Å². The molecule has 28 heavy (non-hydrogen) atoms. The molecule has 2 aromatic rings. The Morgan fingerprint density at radius 3 is 2.25 bits per heavy atom. The van der Waals surface area contributed by atoms with Gasteiger partial charge in [-0.2, -0.15) is 0 Å². The Hall–Kier alpha value is -2.82. The minimum absolute atomic E-state index is 0.0842. The Morgan fingerprint density at radius 2 is 1.64 bits per heavy atom. The van der Waals surface area contributed by atoms with Crippen molar-refractivity contribution in [2.45, 2.75) is 45.6 Å². The number of esters is 1. The number of nitrogens with one attached hydrogen (secondary N) is 1. The molecule has 0 aromatic heterocycles. The van der Waals surface area contributed by atoms with Crippen molar-refractivity contribution in [1.29, 1.82) is 0 Å². The first kappa shape index (κ1) is 21.5. The van der Waals surface area contributed by atoms with Gasteiger partial charge in [-0.25, -0.2) is 0 Å². The van der Waals surface area contributed by atoms with Crippen LogP contribution in [0.2, 0.25) is 0 Å². The van der Waals surface area contributed by atoms with Gasteiger partial charge in [-0.05, 0) is 35.6 Å². The molecule has 1 amide bonds. The van der Waals surface area contributed by atoms with E-state index in [-0.39, 0.29) is 37.0 Å². The maximum Gasteiger partial charge on any atom is 0.309 e. The van der Waals surface area contributed by atoms with E-state index in [0.29, 0.717) is 5.75 Å². The minimum Gasteiger partial charge on any atom is -0.493 e. The lowest BCUT2D eigenvalue weighted by molar-refractivity contribution is -0.149. The summed E-state index contributed by atoms with van der Waals surface area (Å²) in [6.45, 7) is 8.24. The second-order valence-electron chi connectivity index (χ2n) is 7.73. The Bertz CT molecular complexity index is 763. The zero-order valence-electron chi connectivity index (χ0n) is 17.0. The first-order valence-electron chi connectivity index (χ1n) is 9.49. The number of hydrogen-bond donors (Lipinski definition) is 1. The maximum absolute atomic E-state index is 11.9. The molecule has 0 aliphatic rings. The van der Waals surface area contributed by atoms with Gasteiger partial charge in [0.15, 0.2) is 6.61 Å². The van der Waals surface area contributed by atoms with Crippen LogP contribution in [0.15, 0.2) is 54.6 Å². The minimum atomic E-state index is -0.464. The molecule has 0 aliphatic heterocycles. The van der Waals surface area contributed by atoms with Crippen molar-refractivity contribution in [2.75, 3.05) is 13.2 Å². The molecule has 2 aromatic carbocycles. The summed E-state index contributed by atoms with van der Waals surface area (Å²) in [4.78, 5) is 23.7. The van der Waals surface area contributed by atoms with E-state index in [1.54, 1.807) is 0 Å². The van der Waals surface area contributed by atoms with E-state index in [2.05, 4.69) is 26.1 Å². The van der Waals surface area contributed by atoms with E-state index in [4.69, 9.17) is 9.47 Å². The number of ether oxygens (including phenoxy) is 2. The molecule has 5 nitrogen and oxygen atoms in total. The number of hydrogen-bond acceptors (Lipinski definition) is 4. The normalized spacial score (nSPS) is 12.1. The molecule has 0 heterocycles. The van der Waals surface area contributed by atoms with Crippen LogP contribution in [0.5, 0.6) is 5.75 Å². The summed E-state index contributed by atoms with van der Waals surface area (Å²) >= 11 is 0. The van der Waals surface area contributed by atoms with Crippen molar-refractivity contribution in [2.24, 2.45) is 0 Å². The van der Waals surface area contributed by atoms with Gasteiger partial charge in [-0.15, -0.1) is 0 Å². The molecule has 0 aliphatic carbocycles. The van der Waals surface area contributed by atoms with Crippen LogP contribution < -0.4 is 10.1 Å². The SMILES string of the molecule is C[C@@H](NC(=O)COC(=O)CCOc1ccc(C(C)(C)C)cc1)c1ccccc1. The van der Waals surface area contributed by atoms with Gasteiger partial charge in [-0.3, -0.25) is 9.59 Å². The summed E-state index contributed by atoms with van der Waals surface area (Å²) in [5.41, 5.74) is 2.30. The molecule has 0 radical (unpaired) electrons. The number of rotatable bonds is 8. The van der Waals surface area contributed by atoms with Crippen molar-refractivity contribution in [3.63, 3.8) is 0 Å². The lowest BCUT2D eigenvalue weighted by Gasteiger charge is -2.19. The molecule has 0 saturated heterocycles. The average Bonchev–Trinajstić information content (AvgIpc) is 2.67. The molecule has 5 heteroatoms. The molecule has 0 saturated carbocycles. The Balaban J connectivity index is 1.66. The fraction of sp³-hybridized carbons (Fsp3) is 0.391. The monoisotopic (exact) mass is 383 g/mol. The average molecular weight is 383 g/mol. The van der Waals surface area contributed by atoms with E-state index < -0.39 is 5.97 Å². The molecule has 1 atom stereocenters. The topological polar surface area (TPSA) is 64.6 Å². The maximum atomic E-state index is 11.9. The molecule has 0 spiro atoms. The van der Waals surface area contributed by atoms with Crippen LogP contribution in [0.1, 0.15) is 51.3 Å². The van der Waals surface area contributed by atoms with Gasteiger partial charge in [0.2, 0.25) is 0 Å². The largest absolute Gasteiger partial charge is 0.493 e. The smallest absolute Gasteiger partial charge is 0.309 e.